The predicted octanol–water partition coefficient (Wildman–Crippen LogP) is 0.0949. The summed E-state index contributed by atoms with van der Waals surface area (Å²) in [5.74, 6) is 0.0739. The summed E-state index contributed by atoms with van der Waals surface area (Å²) < 4.78 is 2.85. The van der Waals surface area contributed by atoms with Gasteiger partial charge < -0.3 is 10.2 Å². The van der Waals surface area contributed by atoms with Gasteiger partial charge in [-0.2, -0.15) is 0 Å². The Labute approximate surface area is 128 Å². The summed E-state index contributed by atoms with van der Waals surface area (Å²) in [6.07, 6.45) is 1.98. The molecule has 3 heterocycles. The number of nitrogens with zero attached hydrogens (tertiary/aromatic N) is 4. The zero-order chi connectivity index (χ0) is 15.7. The molecular weight excluding hydrogens is 282 g/mol. The number of pyridine rings is 1. The minimum Gasteiger partial charge on any atom is -0.337 e. The molecule has 1 N–H and O–H groups in total. The van der Waals surface area contributed by atoms with Gasteiger partial charge in [-0.25, -0.2) is 9.48 Å². The summed E-state index contributed by atoms with van der Waals surface area (Å²) in [6, 6.07) is 5.85. The van der Waals surface area contributed by atoms with Crippen LogP contribution in [0.5, 0.6) is 0 Å². The number of rotatable bonds is 3. The first kappa shape index (κ1) is 14.8. The van der Waals surface area contributed by atoms with E-state index in [-0.39, 0.29) is 23.7 Å². The van der Waals surface area contributed by atoms with Crippen LogP contribution in [0, 0.1) is 0 Å². The lowest BCUT2D eigenvalue weighted by molar-refractivity contribution is -0.135. The van der Waals surface area contributed by atoms with Crippen LogP contribution in [-0.4, -0.2) is 50.2 Å². The van der Waals surface area contributed by atoms with Gasteiger partial charge in [0.15, 0.2) is 5.65 Å². The fourth-order valence-electron chi connectivity index (χ4n) is 2.87. The Hall–Kier alpha value is -2.15. The Balaban J connectivity index is 1.70. The summed E-state index contributed by atoms with van der Waals surface area (Å²) in [6.45, 7) is 5.96. The van der Waals surface area contributed by atoms with Crippen molar-refractivity contribution in [2.24, 2.45) is 0 Å². The van der Waals surface area contributed by atoms with Gasteiger partial charge in [-0.3, -0.25) is 9.20 Å². The number of nitrogens with one attached hydrogen (secondary N) is 1. The summed E-state index contributed by atoms with van der Waals surface area (Å²) in [5, 5.41) is 7.60. The summed E-state index contributed by atoms with van der Waals surface area (Å²) in [7, 11) is 0. The third-order valence-corrected chi connectivity index (χ3v) is 4.38. The van der Waals surface area contributed by atoms with E-state index in [4.69, 9.17) is 0 Å². The van der Waals surface area contributed by atoms with E-state index in [0.29, 0.717) is 25.2 Å². The number of aryl methyl sites for hydroxylation is 1. The number of carbonyl (C=O) groups excluding carboxylic acids is 1. The molecule has 22 heavy (non-hydrogen) atoms. The largest absolute Gasteiger partial charge is 0.350 e. The Kier molecular flexibility index (Phi) is 3.98. The Bertz CT molecular complexity index is 735. The Morgan fingerprint density at radius 1 is 1.41 bits per heavy atom. The molecule has 2 atom stereocenters. The molecule has 118 valence electrons. The van der Waals surface area contributed by atoms with E-state index in [9.17, 15) is 9.59 Å². The Morgan fingerprint density at radius 3 is 3.00 bits per heavy atom. The molecule has 0 radical (unpaired) electrons. The van der Waals surface area contributed by atoms with E-state index in [2.05, 4.69) is 17.3 Å². The van der Waals surface area contributed by atoms with Crippen LogP contribution < -0.4 is 11.0 Å². The molecule has 2 aromatic rings. The molecule has 0 aromatic carbocycles. The first-order valence-corrected chi connectivity index (χ1v) is 7.65. The highest BCUT2D eigenvalue weighted by atomic mass is 16.2. The van der Waals surface area contributed by atoms with Crippen molar-refractivity contribution in [2.75, 3.05) is 13.1 Å². The van der Waals surface area contributed by atoms with Crippen molar-refractivity contribution in [3.63, 3.8) is 0 Å². The van der Waals surface area contributed by atoms with Gasteiger partial charge >= 0.3 is 5.69 Å². The average Bonchev–Trinajstić information content (AvgIpc) is 2.84. The third-order valence-electron chi connectivity index (χ3n) is 4.38. The molecule has 0 saturated carbocycles. The average molecular weight is 303 g/mol. The highest BCUT2D eigenvalue weighted by molar-refractivity contribution is 5.76. The van der Waals surface area contributed by atoms with Gasteiger partial charge in [-0.1, -0.05) is 6.07 Å². The second-order valence-corrected chi connectivity index (χ2v) is 5.76. The summed E-state index contributed by atoms with van der Waals surface area (Å²) in [5.41, 5.74) is 0.397. The van der Waals surface area contributed by atoms with Crippen molar-refractivity contribution in [1.82, 2.24) is 24.4 Å². The van der Waals surface area contributed by atoms with Crippen LogP contribution in [0.15, 0.2) is 29.2 Å². The smallest absolute Gasteiger partial charge is 0.337 e. The maximum absolute atomic E-state index is 12.4. The van der Waals surface area contributed by atoms with Crippen LogP contribution >= 0.6 is 0 Å². The third kappa shape index (κ3) is 2.64. The molecule has 1 fully saturated rings. The van der Waals surface area contributed by atoms with Crippen LogP contribution in [0.1, 0.15) is 20.3 Å². The molecule has 2 aromatic heterocycles. The molecule has 1 aliphatic rings. The molecule has 0 aliphatic carbocycles. The van der Waals surface area contributed by atoms with Crippen molar-refractivity contribution in [3.8, 4) is 0 Å². The molecule has 1 aliphatic heterocycles. The molecule has 7 heteroatoms. The van der Waals surface area contributed by atoms with E-state index in [1.54, 1.807) is 18.3 Å². The number of hydrogen-bond acceptors (Lipinski definition) is 4. The van der Waals surface area contributed by atoms with Gasteiger partial charge in [0.05, 0.1) is 6.54 Å². The second-order valence-electron chi connectivity index (χ2n) is 5.76. The highest BCUT2D eigenvalue weighted by Gasteiger charge is 2.27. The van der Waals surface area contributed by atoms with Gasteiger partial charge in [0.1, 0.15) is 0 Å². The van der Waals surface area contributed by atoms with Gasteiger partial charge in [-0.15, -0.1) is 5.10 Å². The molecular formula is C15H21N5O2. The fourth-order valence-corrected chi connectivity index (χ4v) is 2.87. The first-order valence-electron chi connectivity index (χ1n) is 7.65. The van der Waals surface area contributed by atoms with Crippen molar-refractivity contribution in [3.05, 3.63) is 34.9 Å². The van der Waals surface area contributed by atoms with Crippen LogP contribution in [-0.2, 0) is 11.3 Å². The summed E-state index contributed by atoms with van der Waals surface area (Å²) in [4.78, 5) is 26.5. The normalized spacial score (nSPS) is 22.2. The van der Waals surface area contributed by atoms with Gasteiger partial charge in [-0.05, 0) is 26.0 Å². The standard InChI is InChI=1S/C15H21N5O2/c1-11-12(2)18(10-7-16-11)14(21)6-9-20-15(22)19-8-4-3-5-13(19)17-20/h3-5,8,11-12,16H,6-7,9-10H2,1-2H3. The summed E-state index contributed by atoms with van der Waals surface area (Å²) >= 11 is 0. The lowest BCUT2D eigenvalue weighted by Gasteiger charge is -2.38. The van der Waals surface area contributed by atoms with Crippen LogP contribution in [0.2, 0.25) is 0 Å². The van der Waals surface area contributed by atoms with Gasteiger partial charge in [0, 0.05) is 37.8 Å². The van der Waals surface area contributed by atoms with E-state index in [1.165, 1.54) is 9.08 Å². The molecule has 0 bridgehead atoms. The number of hydrogen-bond donors (Lipinski definition) is 1. The molecule has 7 nitrogen and oxygen atoms in total. The van der Waals surface area contributed by atoms with Crippen molar-refractivity contribution in [1.29, 1.82) is 0 Å². The SMILES string of the molecule is CC1NCCN(C(=O)CCn2nc3ccccn3c2=O)C1C. The van der Waals surface area contributed by atoms with E-state index in [0.717, 1.165) is 6.54 Å². The first-order chi connectivity index (χ1) is 10.6. The number of fused-ring (bicyclic) bond motifs is 1. The number of piperazine rings is 1. The van der Waals surface area contributed by atoms with E-state index < -0.39 is 0 Å². The van der Waals surface area contributed by atoms with Crippen LogP contribution in [0.25, 0.3) is 5.65 Å². The topological polar surface area (TPSA) is 71.6 Å². The number of carbonyl (C=O) groups is 1. The minimum absolute atomic E-state index is 0.0739. The van der Waals surface area contributed by atoms with E-state index in [1.807, 2.05) is 17.9 Å². The Morgan fingerprint density at radius 2 is 2.23 bits per heavy atom. The van der Waals surface area contributed by atoms with Crippen molar-refractivity contribution >= 4 is 11.6 Å². The molecule has 2 unspecified atom stereocenters. The quantitative estimate of drug-likeness (QED) is 0.872. The molecule has 1 amide bonds. The van der Waals surface area contributed by atoms with Crippen molar-refractivity contribution in [2.45, 2.75) is 38.9 Å². The van der Waals surface area contributed by atoms with Crippen LogP contribution in [0.3, 0.4) is 0 Å². The maximum Gasteiger partial charge on any atom is 0.350 e. The highest BCUT2D eigenvalue weighted by Crippen LogP contribution is 2.10. The number of aromatic nitrogens is 3. The molecule has 1 saturated heterocycles. The van der Waals surface area contributed by atoms with E-state index >= 15 is 0 Å². The number of amides is 1. The monoisotopic (exact) mass is 303 g/mol. The maximum atomic E-state index is 12.4. The predicted molar refractivity (Wildman–Crippen MR) is 82.7 cm³/mol. The van der Waals surface area contributed by atoms with Crippen LogP contribution in [0.4, 0.5) is 0 Å². The lowest BCUT2D eigenvalue weighted by Crippen LogP contribution is -2.57. The van der Waals surface area contributed by atoms with Gasteiger partial charge in [0.2, 0.25) is 5.91 Å². The zero-order valence-electron chi connectivity index (χ0n) is 12.9. The molecule has 0 spiro atoms. The van der Waals surface area contributed by atoms with Gasteiger partial charge in [0.25, 0.3) is 0 Å². The zero-order valence-corrected chi connectivity index (χ0v) is 12.9. The second kappa shape index (κ2) is 5.92. The fraction of sp³-hybridized carbons (Fsp3) is 0.533. The molecule has 3 rings (SSSR count). The van der Waals surface area contributed by atoms with Crippen molar-refractivity contribution < 1.29 is 4.79 Å². The minimum atomic E-state index is -0.204. The lowest BCUT2D eigenvalue weighted by atomic mass is 10.1.